The number of benzene rings is 4. The Morgan fingerprint density at radius 3 is 0.656 bits per heavy atom. The largest absolute Gasteiger partial charge is 0.413 e. The molecule has 0 aromatic heterocycles. The Morgan fingerprint density at radius 2 is 0.469 bits per heavy atom. The highest BCUT2D eigenvalue weighted by atomic mass is 28.5. The average molecular weight is 489 g/mol. The molecule has 0 saturated carbocycles. The third-order valence-electron chi connectivity index (χ3n) is 5.28. The zero-order valence-corrected chi connectivity index (χ0v) is 22.1. The minimum Gasteiger partial charge on any atom is -0.413 e. The molecule has 4 nitrogen and oxygen atoms in total. The summed E-state index contributed by atoms with van der Waals surface area (Å²) in [5.41, 5.74) is 0. The normalized spacial score (nSPS) is 23.8. The maximum Gasteiger partial charge on any atom is 0.338 e. The molecule has 0 radical (unpaired) electrons. The van der Waals surface area contributed by atoms with E-state index in [1.807, 2.05) is 72.8 Å². The van der Waals surface area contributed by atoms with E-state index in [0.29, 0.717) is 0 Å². The molecule has 0 amide bonds. The van der Waals surface area contributed by atoms with E-state index >= 15 is 0 Å². The van der Waals surface area contributed by atoms with Crippen molar-refractivity contribution in [2.75, 3.05) is 0 Å². The summed E-state index contributed by atoms with van der Waals surface area (Å²) in [5.74, 6) is 0. The number of hydrogen-bond acceptors (Lipinski definition) is 4. The van der Waals surface area contributed by atoms with Crippen LogP contribution in [0, 0.1) is 0 Å². The first kappa shape index (κ1) is 21.4. The van der Waals surface area contributed by atoms with E-state index < -0.39 is 37.1 Å². The average Bonchev–Trinajstić information content (AvgIpc) is 2.86. The molecule has 0 bridgehead atoms. The SMILES string of the molecule is c1ccc([SiH]2O[SiH](c3ccccc3)O[SiH](c3ccccc3)O[SiH](c3ccccc3)O2)cc1. The summed E-state index contributed by atoms with van der Waals surface area (Å²) in [7, 11) is -8.96. The predicted molar refractivity (Wildman–Crippen MR) is 137 cm³/mol. The van der Waals surface area contributed by atoms with E-state index in [9.17, 15) is 0 Å². The van der Waals surface area contributed by atoms with Gasteiger partial charge in [0.2, 0.25) is 0 Å². The second kappa shape index (κ2) is 10.5. The van der Waals surface area contributed by atoms with Crippen molar-refractivity contribution < 1.29 is 16.5 Å². The quantitative estimate of drug-likeness (QED) is 0.394. The van der Waals surface area contributed by atoms with E-state index in [0.717, 1.165) is 20.7 Å². The van der Waals surface area contributed by atoms with Crippen molar-refractivity contribution >= 4 is 57.9 Å². The van der Waals surface area contributed by atoms with E-state index in [1.54, 1.807) is 0 Å². The molecule has 32 heavy (non-hydrogen) atoms. The van der Waals surface area contributed by atoms with Crippen molar-refractivity contribution in [2.45, 2.75) is 0 Å². The molecule has 4 aromatic rings. The van der Waals surface area contributed by atoms with Gasteiger partial charge < -0.3 is 16.5 Å². The molecule has 1 aliphatic heterocycles. The van der Waals surface area contributed by atoms with E-state index in [-0.39, 0.29) is 0 Å². The van der Waals surface area contributed by atoms with E-state index in [1.165, 1.54) is 0 Å². The summed E-state index contributed by atoms with van der Waals surface area (Å²) in [6.07, 6.45) is 0. The monoisotopic (exact) mass is 488 g/mol. The van der Waals surface area contributed by atoms with Crippen LogP contribution in [0.4, 0.5) is 0 Å². The Kier molecular flexibility index (Phi) is 7.01. The van der Waals surface area contributed by atoms with Gasteiger partial charge in [0.1, 0.15) is 0 Å². The van der Waals surface area contributed by atoms with Gasteiger partial charge in [-0.05, 0) is 20.7 Å². The molecule has 4 aromatic carbocycles. The lowest BCUT2D eigenvalue weighted by atomic mass is 10.4. The number of hydrogen-bond donors (Lipinski definition) is 0. The predicted octanol–water partition coefficient (Wildman–Crippen LogP) is 0.577. The molecule has 160 valence electrons. The van der Waals surface area contributed by atoms with Crippen LogP contribution in [-0.4, -0.2) is 37.1 Å². The highest BCUT2D eigenvalue weighted by Gasteiger charge is 2.38. The maximum absolute atomic E-state index is 6.79. The van der Waals surface area contributed by atoms with Gasteiger partial charge in [-0.15, -0.1) is 0 Å². The van der Waals surface area contributed by atoms with Gasteiger partial charge in [0.25, 0.3) is 0 Å². The molecule has 1 fully saturated rings. The highest BCUT2D eigenvalue weighted by Crippen LogP contribution is 2.10. The molecule has 8 heteroatoms. The molecule has 0 N–H and O–H groups in total. The van der Waals surface area contributed by atoms with Crippen LogP contribution in [0.1, 0.15) is 0 Å². The standard InChI is InChI=1S/C24H24O4Si4/c1-5-13-21(14-6-1)29-25-30(22-15-7-2-8-16-22)27-32(24-19-11-4-12-20-24)28-31(26-29)23-17-9-3-10-18-23/h1-20,29-32H. The van der Waals surface area contributed by atoms with Crippen molar-refractivity contribution in [2.24, 2.45) is 0 Å². The smallest absolute Gasteiger partial charge is 0.338 e. The van der Waals surface area contributed by atoms with Crippen molar-refractivity contribution in [3.05, 3.63) is 121 Å². The molecule has 0 spiro atoms. The van der Waals surface area contributed by atoms with Gasteiger partial charge in [0.15, 0.2) is 0 Å². The second-order valence-corrected chi connectivity index (χ2v) is 17.2. The minimum atomic E-state index is -2.24. The molecule has 0 aliphatic carbocycles. The fraction of sp³-hybridized carbons (Fsp3) is 0. The lowest BCUT2D eigenvalue weighted by Gasteiger charge is -2.34. The molecule has 0 unspecified atom stereocenters. The fourth-order valence-electron chi connectivity index (χ4n) is 3.65. The Bertz CT molecular complexity index is 914. The molecular formula is C24H24O4Si4. The van der Waals surface area contributed by atoms with Crippen LogP contribution in [0.25, 0.3) is 0 Å². The lowest BCUT2D eigenvalue weighted by molar-refractivity contribution is 0.309. The van der Waals surface area contributed by atoms with Gasteiger partial charge in [0.05, 0.1) is 0 Å². The van der Waals surface area contributed by atoms with Gasteiger partial charge >= 0.3 is 37.1 Å². The first-order chi connectivity index (χ1) is 15.9. The van der Waals surface area contributed by atoms with Gasteiger partial charge in [-0.3, -0.25) is 0 Å². The topological polar surface area (TPSA) is 36.9 Å². The summed E-state index contributed by atoms with van der Waals surface area (Å²) in [4.78, 5) is 0. The lowest BCUT2D eigenvalue weighted by Crippen LogP contribution is -2.61. The van der Waals surface area contributed by atoms with Crippen LogP contribution in [0.15, 0.2) is 121 Å². The molecule has 1 saturated heterocycles. The minimum absolute atomic E-state index is 1.11. The van der Waals surface area contributed by atoms with Crippen LogP contribution >= 0.6 is 0 Å². The summed E-state index contributed by atoms with van der Waals surface area (Å²) >= 11 is 0. The van der Waals surface area contributed by atoms with E-state index in [4.69, 9.17) is 16.5 Å². The molecule has 5 rings (SSSR count). The summed E-state index contributed by atoms with van der Waals surface area (Å²) in [5, 5.41) is 4.45. The highest BCUT2D eigenvalue weighted by molar-refractivity contribution is 6.87. The first-order valence-electron chi connectivity index (χ1n) is 10.7. The van der Waals surface area contributed by atoms with Crippen LogP contribution in [0.5, 0.6) is 0 Å². The van der Waals surface area contributed by atoms with Crippen molar-refractivity contribution in [3.63, 3.8) is 0 Å². The molecule has 1 heterocycles. The second-order valence-electron chi connectivity index (χ2n) is 7.51. The molecule has 0 atom stereocenters. The molecule has 1 aliphatic rings. The Balaban J connectivity index is 1.55. The van der Waals surface area contributed by atoms with Gasteiger partial charge in [0, 0.05) is 0 Å². The van der Waals surface area contributed by atoms with Gasteiger partial charge in [-0.25, -0.2) is 0 Å². The molecular weight excluding hydrogens is 465 g/mol. The zero-order valence-electron chi connectivity index (χ0n) is 17.5. The van der Waals surface area contributed by atoms with Crippen molar-refractivity contribution in [1.29, 1.82) is 0 Å². The van der Waals surface area contributed by atoms with Crippen molar-refractivity contribution in [3.8, 4) is 0 Å². The first-order valence-corrected chi connectivity index (χ1v) is 16.8. The Morgan fingerprint density at radius 1 is 0.281 bits per heavy atom. The third kappa shape index (κ3) is 5.14. The third-order valence-corrected chi connectivity index (χ3v) is 16.9. The summed E-state index contributed by atoms with van der Waals surface area (Å²) in [6.45, 7) is 0. The van der Waals surface area contributed by atoms with Gasteiger partial charge in [-0.1, -0.05) is 121 Å². The van der Waals surface area contributed by atoms with Crippen LogP contribution in [-0.2, 0) is 16.5 Å². The van der Waals surface area contributed by atoms with Crippen LogP contribution in [0.2, 0.25) is 0 Å². The zero-order chi connectivity index (χ0) is 21.6. The van der Waals surface area contributed by atoms with Crippen LogP contribution in [0.3, 0.4) is 0 Å². The Labute approximate surface area is 195 Å². The number of rotatable bonds is 4. The Hall–Kier alpha value is -2.41. The van der Waals surface area contributed by atoms with Gasteiger partial charge in [-0.2, -0.15) is 0 Å². The van der Waals surface area contributed by atoms with Crippen molar-refractivity contribution in [1.82, 2.24) is 0 Å². The van der Waals surface area contributed by atoms with E-state index in [2.05, 4.69) is 48.5 Å². The maximum atomic E-state index is 6.79. The van der Waals surface area contributed by atoms with Crippen LogP contribution < -0.4 is 20.7 Å². The fourth-order valence-corrected chi connectivity index (χ4v) is 17.7. The summed E-state index contributed by atoms with van der Waals surface area (Å²) < 4.78 is 27.2. The summed E-state index contributed by atoms with van der Waals surface area (Å²) in [6, 6.07) is 41.1.